The van der Waals surface area contributed by atoms with Crippen molar-refractivity contribution in [3.63, 3.8) is 0 Å². The normalized spacial score (nSPS) is 29.0. The third-order valence-corrected chi connectivity index (χ3v) is 5.56. The molecule has 0 radical (unpaired) electrons. The van der Waals surface area contributed by atoms with Crippen LogP contribution < -0.4 is 5.32 Å². The molecule has 1 aliphatic heterocycles. The standard InChI is InChI=1S/C17H23Cl2NO/c1-2-20-11-17(7-8-21-16(17)13-4-5-13)10-12-3-6-14(18)15(19)9-12/h3,6,9,13,16,20H,2,4-5,7-8,10-11H2,1H3. The summed E-state index contributed by atoms with van der Waals surface area (Å²) in [4.78, 5) is 0. The number of hydrogen-bond acceptors (Lipinski definition) is 2. The van der Waals surface area contributed by atoms with Crippen molar-refractivity contribution in [2.75, 3.05) is 19.7 Å². The Bertz CT molecular complexity index is 504. The first-order chi connectivity index (χ1) is 10.1. The zero-order valence-corrected chi connectivity index (χ0v) is 14.0. The highest BCUT2D eigenvalue weighted by Gasteiger charge is 2.50. The number of ether oxygens (including phenoxy) is 1. The first-order valence-electron chi connectivity index (χ1n) is 7.91. The van der Waals surface area contributed by atoms with Gasteiger partial charge in [-0.15, -0.1) is 0 Å². The lowest BCUT2D eigenvalue weighted by molar-refractivity contribution is 0.0309. The summed E-state index contributed by atoms with van der Waals surface area (Å²) in [6.45, 7) is 5.06. The summed E-state index contributed by atoms with van der Waals surface area (Å²) in [6, 6.07) is 6.02. The van der Waals surface area contributed by atoms with Gasteiger partial charge in [0.15, 0.2) is 0 Å². The number of rotatable bonds is 6. The second-order valence-corrected chi connectivity index (χ2v) is 7.26. The second-order valence-electron chi connectivity index (χ2n) is 6.45. The molecular weight excluding hydrogens is 305 g/mol. The van der Waals surface area contributed by atoms with Crippen LogP contribution in [0, 0.1) is 11.3 Å². The molecule has 116 valence electrons. The molecule has 4 heteroatoms. The van der Waals surface area contributed by atoms with E-state index in [0.717, 1.165) is 38.5 Å². The first kappa shape index (κ1) is 15.6. The fraction of sp³-hybridized carbons (Fsp3) is 0.647. The van der Waals surface area contributed by atoms with E-state index in [2.05, 4.69) is 18.3 Å². The van der Waals surface area contributed by atoms with Gasteiger partial charge < -0.3 is 10.1 Å². The van der Waals surface area contributed by atoms with Gasteiger partial charge >= 0.3 is 0 Å². The first-order valence-corrected chi connectivity index (χ1v) is 8.66. The number of nitrogens with one attached hydrogen (secondary N) is 1. The Hall–Kier alpha value is -0.280. The fourth-order valence-electron chi connectivity index (χ4n) is 3.61. The third-order valence-electron chi connectivity index (χ3n) is 4.82. The molecule has 0 spiro atoms. The highest BCUT2D eigenvalue weighted by Crippen LogP contribution is 2.49. The smallest absolute Gasteiger partial charge is 0.0675 e. The van der Waals surface area contributed by atoms with Crippen molar-refractivity contribution in [2.45, 2.75) is 38.7 Å². The highest BCUT2D eigenvalue weighted by molar-refractivity contribution is 6.42. The molecule has 2 unspecified atom stereocenters. The van der Waals surface area contributed by atoms with E-state index in [-0.39, 0.29) is 5.41 Å². The SMILES string of the molecule is CCNCC1(Cc2ccc(Cl)c(Cl)c2)CCOC1C1CC1. The van der Waals surface area contributed by atoms with E-state index < -0.39 is 0 Å². The topological polar surface area (TPSA) is 21.3 Å². The van der Waals surface area contributed by atoms with Crippen LogP contribution in [-0.4, -0.2) is 25.8 Å². The number of hydrogen-bond donors (Lipinski definition) is 1. The molecule has 1 heterocycles. The number of halogens is 2. The molecule has 1 aromatic rings. The Balaban J connectivity index is 1.82. The average molecular weight is 328 g/mol. The predicted molar refractivity (Wildman–Crippen MR) is 88.2 cm³/mol. The monoisotopic (exact) mass is 327 g/mol. The second kappa shape index (κ2) is 6.45. The molecule has 0 amide bonds. The van der Waals surface area contributed by atoms with Crippen LogP contribution in [0.5, 0.6) is 0 Å². The average Bonchev–Trinajstić information content (AvgIpc) is 3.23. The predicted octanol–water partition coefficient (Wildman–Crippen LogP) is 4.33. The van der Waals surface area contributed by atoms with Crippen LogP contribution in [0.25, 0.3) is 0 Å². The number of benzene rings is 1. The molecule has 21 heavy (non-hydrogen) atoms. The van der Waals surface area contributed by atoms with Crippen molar-refractivity contribution < 1.29 is 4.74 Å². The molecule has 3 rings (SSSR count). The zero-order chi connectivity index (χ0) is 14.9. The summed E-state index contributed by atoms with van der Waals surface area (Å²) in [6.07, 6.45) is 5.17. The van der Waals surface area contributed by atoms with Crippen molar-refractivity contribution in [3.05, 3.63) is 33.8 Å². The lowest BCUT2D eigenvalue weighted by Crippen LogP contribution is -2.43. The van der Waals surface area contributed by atoms with Gasteiger partial charge in [-0.25, -0.2) is 0 Å². The Morgan fingerprint density at radius 2 is 2.10 bits per heavy atom. The van der Waals surface area contributed by atoms with E-state index in [1.807, 2.05) is 12.1 Å². The molecule has 2 atom stereocenters. The zero-order valence-electron chi connectivity index (χ0n) is 12.5. The van der Waals surface area contributed by atoms with Gasteiger partial charge in [0, 0.05) is 18.6 Å². The van der Waals surface area contributed by atoms with Gasteiger partial charge in [0.1, 0.15) is 0 Å². The van der Waals surface area contributed by atoms with Crippen LogP contribution in [0.15, 0.2) is 18.2 Å². The quantitative estimate of drug-likeness (QED) is 0.839. The van der Waals surface area contributed by atoms with Gasteiger partial charge in [-0.2, -0.15) is 0 Å². The molecule has 1 aromatic carbocycles. The molecule has 1 saturated carbocycles. The van der Waals surface area contributed by atoms with Crippen LogP contribution >= 0.6 is 23.2 Å². The molecule has 0 aromatic heterocycles. The Morgan fingerprint density at radius 3 is 2.76 bits per heavy atom. The van der Waals surface area contributed by atoms with E-state index in [1.54, 1.807) is 0 Å². The Labute approximate surface area is 137 Å². The molecule has 2 fully saturated rings. The summed E-state index contributed by atoms with van der Waals surface area (Å²) >= 11 is 12.2. The van der Waals surface area contributed by atoms with Crippen molar-refractivity contribution in [1.82, 2.24) is 5.32 Å². The maximum absolute atomic E-state index is 6.18. The lowest BCUT2D eigenvalue weighted by Gasteiger charge is -2.35. The fourth-order valence-corrected chi connectivity index (χ4v) is 3.93. The maximum Gasteiger partial charge on any atom is 0.0675 e. The van der Waals surface area contributed by atoms with E-state index in [9.17, 15) is 0 Å². The molecule has 1 aliphatic carbocycles. The van der Waals surface area contributed by atoms with Crippen molar-refractivity contribution in [3.8, 4) is 0 Å². The van der Waals surface area contributed by atoms with Crippen LogP contribution in [0.2, 0.25) is 10.0 Å². The van der Waals surface area contributed by atoms with Gasteiger partial charge in [0.2, 0.25) is 0 Å². The Kier molecular flexibility index (Phi) is 4.80. The van der Waals surface area contributed by atoms with Crippen LogP contribution in [0.1, 0.15) is 31.7 Å². The van der Waals surface area contributed by atoms with Crippen molar-refractivity contribution in [2.24, 2.45) is 11.3 Å². The van der Waals surface area contributed by atoms with Crippen molar-refractivity contribution >= 4 is 23.2 Å². The van der Waals surface area contributed by atoms with Crippen molar-refractivity contribution in [1.29, 1.82) is 0 Å². The molecule has 1 saturated heterocycles. The largest absolute Gasteiger partial charge is 0.377 e. The van der Waals surface area contributed by atoms with Gasteiger partial charge in [-0.05, 0) is 55.8 Å². The summed E-state index contributed by atoms with van der Waals surface area (Å²) in [7, 11) is 0. The van der Waals surface area contributed by atoms with E-state index >= 15 is 0 Å². The Morgan fingerprint density at radius 1 is 1.29 bits per heavy atom. The van der Waals surface area contributed by atoms with Crippen LogP contribution in [-0.2, 0) is 11.2 Å². The van der Waals surface area contributed by atoms with E-state index in [0.29, 0.717) is 16.1 Å². The third kappa shape index (κ3) is 3.39. The van der Waals surface area contributed by atoms with Gasteiger partial charge in [0.05, 0.1) is 16.1 Å². The maximum atomic E-state index is 6.18. The lowest BCUT2D eigenvalue weighted by atomic mass is 9.74. The summed E-state index contributed by atoms with van der Waals surface area (Å²) in [5.41, 5.74) is 1.47. The summed E-state index contributed by atoms with van der Waals surface area (Å²) < 4.78 is 6.12. The molecule has 0 bridgehead atoms. The van der Waals surface area contributed by atoms with Gasteiger partial charge in [0.25, 0.3) is 0 Å². The molecular formula is C17H23Cl2NO. The minimum atomic E-state index is 0.203. The van der Waals surface area contributed by atoms with Gasteiger partial charge in [-0.1, -0.05) is 36.2 Å². The minimum absolute atomic E-state index is 0.203. The highest BCUT2D eigenvalue weighted by atomic mass is 35.5. The summed E-state index contributed by atoms with van der Waals surface area (Å²) in [5, 5.41) is 4.83. The van der Waals surface area contributed by atoms with Crippen LogP contribution in [0.3, 0.4) is 0 Å². The van der Waals surface area contributed by atoms with Gasteiger partial charge in [-0.3, -0.25) is 0 Å². The molecule has 2 nitrogen and oxygen atoms in total. The van der Waals surface area contributed by atoms with E-state index in [4.69, 9.17) is 27.9 Å². The van der Waals surface area contributed by atoms with E-state index in [1.165, 1.54) is 18.4 Å². The molecule has 2 aliphatic rings. The summed E-state index contributed by atoms with van der Waals surface area (Å²) in [5.74, 6) is 0.758. The van der Waals surface area contributed by atoms with Crippen LogP contribution in [0.4, 0.5) is 0 Å². The minimum Gasteiger partial charge on any atom is -0.377 e. The molecule has 1 N–H and O–H groups in total.